The minimum Gasteiger partial charge on any atom is -0.369 e. The molecule has 2 rings (SSSR count). The van der Waals surface area contributed by atoms with Crippen molar-refractivity contribution in [1.82, 2.24) is 0 Å². The van der Waals surface area contributed by atoms with Gasteiger partial charge in [0.25, 0.3) is 0 Å². The molecule has 0 spiro atoms. The zero-order valence-electron chi connectivity index (χ0n) is 13.9. The maximum absolute atomic E-state index is 6.20. The van der Waals surface area contributed by atoms with Crippen molar-refractivity contribution in [3.8, 4) is 0 Å². The molecule has 0 fully saturated rings. The molecule has 0 heterocycles. The number of benzene rings is 2. The Balaban J connectivity index is 2.12. The van der Waals surface area contributed by atoms with Crippen molar-refractivity contribution in [2.24, 2.45) is 0 Å². The van der Waals surface area contributed by atoms with E-state index in [1.54, 1.807) is 0 Å². The highest BCUT2D eigenvalue weighted by Crippen LogP contribution is 2.26. The summed E-state index contributed by atoms with van der Waals surface area (Å²) in [6.45, 7) is 11.5. The van der Waals surface area contributed by atoms with Crippen LogP contribution in [0.2, 0.25) is 0 Å². The maximum atomic E-state index is 6.20. The zero-order chi connectivity index (χ0) is 15.4. The molecule has 1 atom stereocenters. The van der Waals surface area contributed by atoms with Crippen molar-refractivity contribution in [1.29, 1.82) is 0 Å². The molecule has 0 N–H and O–H groups in total. The molecule has 0 bridgehead atoms. The van der Waals surface area contributed by atoms with Crippen molar-refractivity contribution in [2.45, 2.75) is 53.8 Å². The summed E-state index contributed by atoms with van der Waals surface area (Å²) in [5, 5.41) is 0. The zero-order valence-corrected chi connectivity index (χ0v) is 13.9. The summed E-state index contributed by atoms with van der Waals surface area (Å²) in [5.74, 6) is 0. The second-order valence-corrected chi connectivity index (χ2v) is 6.00. The third-order valence-electron chi connectivity index (χ3n) is 4.08. The topological polar surface area (TPSA) is 9.23 Å². The minimum atomic E-state index is 0.173. The summed E-state index contributed by atoms with van der Waals surface area (Å²) in [7, 11) is 0. The predicted octanol–water partition coefficient (Wildman–Crippen LogP) is 5.59. The van der Waals surface area contributed by atoms with Gasteiger partial charge < -0.3 is 4.74 Å². The van der Waals surface area contributed by atoms with Gasteiger partial charge in [0.2, 0.25) is 0 Å². The molecule has 112 valence electrons. The molecular formula is C20H26O. The van der Waals surface area contributed by atoms with Gasteiger partial charge in [0.1, 0.15) is 0 Å². The molecule has 0 aliphatic carbocycles. The molecular weight excluding hydrogens is 256 g/mol. The van der Waals surface area contributed by atoms with E-state index in [9.17, 15) is 0 Å². The monoisotopic (exact) mass is 282 g/mol. The van der Waals surface area contributed by atoms with Crippen molar-refractivity contribution < 1.29 is 4.74 Å². The predicted molar refractivity (Wildman–Crippen MR) is 89.7 cm³/mol. The molecule has 1 heteroatoms. The third-order valence-corrected chi connectivity index (χ3v) is 4.08. The van der Waals surface area contributed by atoms with Crippen LogP contribution in [-0.4, -0.2) is 0 Å². The van der Waals surface area contributed by atoms with Gasteiger partial charge in [0.05, 0.1) is 12.7 Å². The molecule has 21 heavy (non-hydrogen) atoms. The highest BCUT2D eigenvalue weighted by atomic mass is 16.5. The molecule has 0 saturated carbocycles. The first-order valence-corrected chi connectivity index (χ1v) is 7.76. The molecule has 1 unspecified atom stereocenters. The summed E-state index contributed by atoms with van der Waals surface area (Å²) >= 11 is 0. The fraction of sp³-hybridized carbons (Fsp3) is 0.400. The number of hydrogen-bond acceptors (Lipinski definition) is 1. The molecule has 1 nitrogen and oxygen atoms in total. The fourth-order valence-corrected chi connectivity index (χ4v) is 2.81. The van der Waals surface area contributed by atoms with Gasteiger partial charge in [0, 0.05) is 0 Å². The van der Waals surface area contributed by atoms with Crippen molar-refractivity contribution in [3.63, 3.8) is 0 Å². The molecule has 0 radical (unpaired) electrons. The van der Waals surface area contributed by atoms with Crippen LogP contribution in [0.25, 0.3) is 0 Å². The number of rotatable bonds is 5. The van der Waals surface area contributed by atoms with E-state index >= 15 is 0 Å². The average Bonchev–Trinajstić information content (AvgIpc) is 2.43. The lowest BCUT2D eigenvalue weighted by atomic mass is 9.99. The SMILES string of the molecule is CCC(OCc1ccc(C)cc1C)c1ccc(C)cc1C. The number of hydrogen-bond donors (Lipinski definition) is 0. The van der Waals surface area contributed by atoms with Gasteiger partial charge in [-0.15, -0.1) is 0 Å². The van der Waals surface area contributed by atoms with E-state index in [-0.39, 0.29) is 6.10 Å². The molecule has 0 amide bonds. The van der Waals surface area contributed by atoms with Crippen LogP contribution in [0.1, 0.15) is 52.8 Å². The first-order valence-electron chi connectivity index (χ1n) is 7.76. The lowest BCUT2D eigenvalue weighted by Gasteiger charge is -2.20. The second-order valence-electron chi connectivity index (χ2n) is 6.00. The second kappa shape index (κ2) is 6.91. The standard InChI is InChI=1S/C20H26O/c1-6-20(19-10-8-15(3)12-17(19)5)21-13-18-9-7-14(2)11-16(18)4/h7-12,20H,6,13H2,1-5H3. The van der Waals surface area contributed by atoms with E-state index in [0.717, 1.165) is 6.42 Å². The van der Waals surface area contributed by atoms with Crippen LogP contribution in [0.4, 0.5) is 0 Å². The first-order chi connectivity index (χ1) is 10.0. The molecule has 2 aromatic carbocycles. The van der Waals surface area contributed by atoms with Gasteiger partial charge in [-0.1, -0.05) is 54.4 Å². The van der Waals surface area contributed by atoms with Crippen LogP contribution < -0.4 is 0 Å². The summed E-state index contributed by atoms with van der Waals surface area (Å²) in [5.41, 5.74) is 7.84. The van der Waals surface area contributed by atoms with Crippen molar-refractivity contribution in [2.75, 3.05) is 0 Å². The Morgan fingerprint density at radius 3 is 2.05 bits per heavy atom. The van der Waals surface area contributed by atoms with Crippen LogP contribution in [0.5, 0.6) is 0 Å². The van der Waals surface area contributed by atoms with E-state index in [4.69, 9.17) is 4.74 Å². The normalized spacial score (nSPS) is 12.4. The largest absolute Gasteiger partial charge is 0.369 e. The van der Waals surface area contributed by atoms with Gasteiger partial charge >= 0.3 is 0 Å². The lowest BCUT2D eigenvalue weighted by Crippen LogP contribution is -2.06. The number of aryl methyl sites for hydroxylation is 4. The summed E-state index contributed by atoms with van der Waals surface area (Å²) in [4.78, 5) is 0. The van der Waals surface area contributed by atoms with Gasteiger partial charge in [-0.3, -0.25) is 0 Å². The van der Waals surface area contributed by atoms with Gasteiger partial charge in [-0.05, 0) is 56.4 Å². The van der Waals surface area contributed by atoms with Gasteiger partial charge in [-0.2, -0.15) is 0 Å². The maximum Gasteiger partial charge on any atom is 0.0829 e. The van der Waals surface area contributed by atoms with E-state index in [1.165, 1.54) is 33.4 Å². The summed E-state index contributed by atoms with van der Waals surface area (Å²) in [6.07, 6.45) is 1.17. The molecule has 0 aliphatic heterocycles. The Morgan fingerprint density at radius 2 is 1.48 bits per heavy atom. The van der Waals surface area contributed by atoms with E-state index < -0.39 is 0 Å². The highest BCUT2D eigenvalue weighted by molar-refractivity contribution is 5.33. The Morgan fingerprint density at radius 1 is 0.857 bits per heavy atom. The van der Waals surface area contributed by atoms with E-state index in [2.05, 4.69) is 71.0 Å². The van der Waals surface area contributed by atoms with Crippen LogP contribution in [0.15, 0.2) is 36.4 Å². The van der Waals surface area contributed by atoms with Crippen LogP contribution >= 0.6 is 0 Å². The van der Waals surface area contributed by atoms with Gasteiger partial charge in [-0.25, -0.2) is 0 Å². The molecule has 0 saturated heterocycles. The van der Waals surface area contributed by atoms with Crippen molar-refractivity contribution >= 4 is 0 Å². The fourth-order valence-electron chi connectivity index (χ4n) is 2.81. The quantitative estimate of drug-likeness (QED) is 0.694. The molecule has 0 aliphatic rings. The van der Waals surface area contributed by atoms with Crippen molar-refractivity contribution in [3.05, 3.63) is 69.8 Å². The molecule has 2 aromatic rings. The summed E-state index contributed by atoms with van der Waals surface area (Å²) in [6, 6.07) is 13.2. The third kappa shape index (κ3) is 3.95. The Kier molecular flexibility index (Phi) is 5.19. The first kappa shape index (κ1) is 15.8. The number of ether oxygens (including phenoxy) is 1. The Labute approximate surface area is 129 Å². The lowest BCUT2D eigenvalue weighted by molar-refractivity contribution is 0.0365. The minimum absolute atomic E-state index is 0.173. The van der Waals surface area contributed by atoms with Crippen LogP contribution in [0.3, 0.4) is 0 Å². The summed E-state index contributed by atoms with van der Waals surface area (Å²) < 4.78 is 6.20. The Hall–Kier alpha value is -1.60. The smallest absolute Gasteiger partial charge is 0.0829 e. The van der Waals surface area contributed by atoms with E-state index in [0.29, 0.717) is 6.61 Å². The highest BCUT2D eigenvalue weighted by Gasteiger charge is 2.13. The van der Waals surface area contributed by atoms with Gasteiger partial charge in [0.15, 0.2) is 0 Å². The Bertz CT molecular complexity index is 613. The van der Waals surface area contributed by atoms with E-state index in [1.807, 2.05) is 0 Å². The molecule has 0 aromatic heterocycles. The van der Waals surface area contributed by atoms with Crippen LogP contribution in [-0.2, 0) is 11.3 Å². The average molecular weight is 282 g/mol. The van der Waals surface area contributed by atoms with Crippen LogP contribution in [0, 0.1) is 27.7 Å².